The average Bonchev–Trinajstić information content (AvgIpc) is 2.93. The summed E-state index contributed by atoms with van der Waals surface area (Å²) in [7, 11) is 1.62. The molecule has 1 heterocycles. The fourth-order valence-corrected chi connectivity index (χ4v) is 2.04. The van der Waals surface area contributed by atoms with Gasteiger partial charge >= 0.3 is 0 Å². The minimum atomic E-state index is -0.439. The van der Waals surface area contributed by atoms with E-state index >= 15 is 0 Å². The molecule has 19 heavy (non-hydrogen) atoms. The van der Waals surface area contributed by atoms with Crippen LogP contribution in [-0.2, 0) is 0 Å². The van der Waals surface area contributed by atoms with Gasteiger partial charge in [0, 0.05) is 18.0 Å². The predicted octanol–water partition coefficient (Wildman–Crippen LogP) is 3.20. The molecule has 1 unspecified atom stereocenters. The number of benzene rings is 1. The van der Waals surface area contributed by atoms with Crippen molar-refractivity contribution in [2.24, 2.45) is 0 Å². The zero-order chi connectivity index (χ0) is 13.8. The lowest BCUT2D eigenvalue weighted by Crippen LogP contribution is -2.04. The number of hydrogen-bond acceptors (Lipinski definition) is 3. The second-order valence-corrected chi connectivity index (χ2v) is 4.69. The number of H-pyrrole nitrogens is 1. The fourth-order valence-electron chi connectivity index (χ4n) is 2.04. The van der Waals surface area contributed by atoms with Gasteiger partial charge in [0.05, 0.1) is 13.2 Å². The molecule has 0 radical (unpaired) electrons. The van der Waals surface area contributed by atoms with Gasteiger partial charge in [0.2, 0.25) is 0 Å². The van der Waals surface area contributed by atoms with Gasteiger partial charge in [-0.1, -0.05) is 26.0 Å². The number of ether oxygens (including phenoxy) is 1. The molecule has 98 valence electrons. The second kappa shape index (κ2) is 5.57. The Kier molecular flexibility index (Phi) is 3.86. The number of methoxy groups -OCH3 is 1. The summed E-state index contributed by atoms with van der Waals surface area (Å²) in [5.74, 6) is 1.35. The molecule has 0 aliphatic rings. The molecular formula is C15H17N3O. The summed E-state index contributed by atoms with van der Waals surface area (Å²) < 4.78 is 5.42. The molecule has 0 aliphatic heterocycles. The van der Waals surface area contributed by atoms with Crippen LogP contribution >= 0.6 is 0 Å². The Bertz CT molecular complexity index is 582. The van der Waals surface area contributed by atoms with Crippen LogP contribution in [0.3, 0.4) is 0 Å². The van der Waals surface area contributed by atoms with Gasteiger partial charge in [0.1, 0.15) is 17.5 Å². The van der Waals surface area contributed by atoms with Crippen molar-refractivity contribution >= 4 is 0 Å². The van der Waals surface area contributed by atoms with E-state index < -0.39 is 5.92 Å². The molecule has 0 saturated heterocycles. The molecule has 0 bridgehead atoms. The highest BCUT2D eigenvalue weighted by atomic mass is 16.5. The molecular weight excluding hydrogens is 238 g/mol. The van der Waals surface area contributed by atoms with Gasteiger partial charge in [-0.2, -0.15) is 5.26 Å². The number of nitrogens with zero attached hydrogens (tertiary/aromatic N) is 2. The van der Waals surface area contributed by atoms with Gasteiger partial charge in [0.25, 0.3) is 0 Å². The fraction of sp³-hybridized carbons (Fsp3) is 0.333. The number of hydrogen-bond donors (Lipinski definition) is 1. The summed E-state index contributed by atoms with van der Waals surface area (Å²) in [5.41, 5.74) is 2.03. The Balaban J connectivity index is 2.47. The molecule has 2 rings (SSSR count). The summed E-state index contributed by atoms with van der Waals surface area (Å²) in [4.78, 5) is 7.15. The number of imidazole rings is 1. The quantitative estimate of drug-likeness (QED) is 0.912. The smallest absolute Gasteiger partial charge is 0.133 e. The van der Waals surface area contributed by atoms with E-state index in [-0.39, 0.29) is 0 Å². The van der Waals surface area contributed by atoms with E-state index in [2.05, 4.69) is 29.9 Å². The van der Waals surface area contributed by atoms with Crippen LogP contribution in [0.1, 0.15) is 42.6 Å². The molecule has 0 spiro atoms. The maximum atomic E-state index is 9.38. The van der Waals surface area contributed by atoms with Crippen molar-refractivity contribution in [3.63, 3.8) is 0 Å². The molecule has 4 nitrogen and oxygen atoms in total. The Labute approximate surface area is 113 Å². The first-order valence-electron chi connectivity index (χ1n) is 6.24. The highest BCUT2D eigenvalue weighted by molar-refractivity contribution is 5.45. The van der Waals surface area contributed by atoms with Gasteiger partial charge in [-0.3, -0.25) is 0 Å². The molecule has 4 heteroatoms. The van der Waals surface area contributed by atoms with Crippen LogP contribution in [0.4, 0.5) is 0 Å². The first-order chi connectivity index (χ1) is 9.17. The summed E-state index contributed by atoms with van der Waals surface area (Å²) in [6.07, 6.45) is 3.36. The zero-order valence-electron chi connectivity index (χ0n) is 11.3. The van der Waals surface area contributed by atoms with Gasteiger partial charge in [-0.05, 0) is 17.5 Å². The Morgan fingerprint density at radius 1 is 1.37 bits per heavy atom. The lowest BCUT2D eigenvalue weighted by atomic mass is 9.94. The number of nitriles is 1. The third-order valence-electron chi connectivity index (χ3n) is 3.16. The largest absolute Gasteiger partial charge is 0.496 e. The van der Waals surface area contributed by atoms with Crippen molar-refractivity contribution in [3.8, 4) is 11.8 Å². The van der Waals surface area contributed by atoms with Crippen molar-refractivity contribution in [1.29, 1.82) is 5.26 Å². The summed E-state index contributed by atoms with van der Waals surface area (Å²) >= 11 is 0. The molecule has 2 aromatic rings. The summed E-state index contributed by atoms with van der Waals surface area (Å²) in [6.45, 7) is 4.26. The number of rotatable bonds is 4. The maximum absolute atomic E-state index is 9.38. The zero-order valence-corrected chi connectivity index (χ0v) is 11.3. The van der Waals surface area contributed by atoms with Gasteiger partial charge in [-0.15, -0.1) is 0 Å². The van der Waals surface area contributed by atoms with E-state index in [9.17, 15) is 5.26 Å². The first-order valence-corrected chi connectivity index (χ1v) is 6.24. The average molecular weight is 255 g/mol. The minimum Gasteiger partial charge on any atom is -0.496 e. The number of aromatic amines is 1. The van der Waals surface area contributed by atoms with E-state index in [1.54, 1.807) is 19.5 Å². The Morgan fingerprint density at radius 2 is 2.16 bits per heavy atom. The predicted molar refractivity (Wildman–Crippen MR) is 73.1 cm³/mol. The standard InChI is InChI=1S/C15H17N3O/c1-10(2)11-4-5-12(14(8-11)19-3)13(9-16)15-17-6-7-18-15/h4-8,10,13H,1-3H3,(H,17,18). The van der Waals surface area contributed by atoms with Crippen LogP contribution in [0.15, 0.2) is 30.6 Å². The van der Waals surface area contributed by atoms with Crippen molar-refractivity contribution in [3.05, 3.63) is 47.5 Å². The van der Waals surface area contributed by atoms with Crippen LogP contribution in [0.25, 0.3) is 0 Å². The molecule has 1 aromatic carbocycles. The van der Waals surface area contributed by atoms with E-state index in [1.807, 2.05) is 18.2 Å². The van der Waals surface area contributed by atoms with Crippen molar-refractivity contribution in [2.45, 2.75) is 25.7 Å². The molecule has 1 N–H and O–H groups in total. The molecule has 0 saturated carbocycles. The van der Waals surface area contributed by atoms with E-state index in [0.717, 1.165) is 11.3 Å². The lowest BCUT2D eigenvalue weighted by molar-refractivity contribution is 0.408. The minimum absolute atomic E-state index is 0.423. The maximum Gasteiger partial charge on any atom is 0.133 e. The monoisotopic (exact) mass is 255 g/mol. The molecule has 1 aromatic heterocycles. The Morgan fingerprint density at radius 3 is 2.68 bits per heavy atom. The van der Waals surface area contributed by atoms with Crippen LogP contribution < -0.4 is 4.74 Å². The summed E-state index contributed by atoms with van der Waals surface area (Å²) in [5, 5.41) is 9.38. The van der Waals surface area contributed by atoms with Crippen molar-refractivity contribution in [2.75, 3.05) is 7.11 Å². The number of nitrogens with one attached hydrogen (secondary N) is 1. The van der Waals surface area contributed by atoms with Crippen molar-refractivity contribution < 1.29 is 4.74 Å². The lowest BCUT2D eigenvalue weighted by Gasteiger charge is -2.15. The highest BCUT2D eigenvalue weighted by Gasteiger charge is 2.20. The first kappa shape index (κ1) is 13.2. The van der Waals surface area contributed by atoms with E-state index in [0.29, 0.717) is 11.7 Å². The Hall–Kier alpha value is -2.28. The topological polar surface area (TPSA) is 61.7 Å². The number of aromatic nitrogens is 2. The van der Waals surface area contributed by atoms with Crippen molar-refractivity contribution in [1.82, 2.24) is 9.97 Å². The normalized spacial score (nSPS) is 12.2. The molecule has 0 fully saturated rings. The van der Waals surface area contributed by atoms with Crippen LogP contribution in [0, 0.1) is 11.3 Å². The van der Waals surface area contributed by atoms with Gasteiger partial charge in [-0.25, -0.2) is 4.98 Å². The van der Waals surface area contributed by atoms with Crippen LogP contribution in [0.2, 0.25) is 0 Å². The van der Waals surface area contributed by atoms with Crippen LogP contribution in [0.5, 0.6) is 5.75 Å². The summed E-state index contributed by atoms with van der Waals surface area (Å²) in [6, 6.07) is 8.25. The third kappa shape index (κ3) is 2.60. The highest BCUT2D eigenvalue weighted by Crippen LogP contribution is 2.32. The SMILES string of the molecule is COc1cc(C(C)C)ccc1C(C#N)c1ncc[nH]1. The van der Waals surface area contributed by atoms with E-state index in [4.69, 9.17) is 4.74 Å². The van der Waals surface area contributed by atoms with Crippen LogP contribution in [-0.4, -0.2) is 17.1 Å². The van der Waals surface area contributed by atoms with Gasteiger partial charge in [0.15, 0.2) is 0 Å². The van der Waals surface area contributed by atoms with E-state index in [1.165, 1.54) is 5.56 Å². The molecule has 0 amide bonds. The molecule has 1 atom stereocenters. The third-order valence-corrected chi connectivity index (χ3v) is 3.16. The second-order valence-electron chi connectivity index (χ2n) is 4.69. The van der Waals surface area contributed by atoms with Gasteiger partial charge < -0.3 is 9.72 Å². The molecule has 0 aliphatic carbocycles.